The zero-order chi connectivity index (χ0) is 10.2. The normalized spacial score (nSPS) is 24.9. The predicted molar refractivity (Wildman–Crippen MR) is 57.8 cm³/mol. The second-order valence-corrected chi connectivity index (χ2v) is 4.00. The highest BCUT2D eigenvalue weighted by Gasteiger charge is 2.12. The van der Waals surface area contributed by atoms with E-state index < -0.39 is 0 Å². The molecule has 4 nitrogen and oxygen atoms in total. The van der Waals surface area contributed by atoms with Crippen LogP contribution < -0.4 is 11.2 Å². The first-order valence-electron chi connectivity index (χ1n) is 5.59. The van der Waals surface area contributed by atoms with Crippen molar-refractivity contribution in [1.82, 2.24) is 10.4 Å². The van der Waals surface area contributed by atoms with Crippen LogP contribution in [-0.4, -0.2) is 44.4 Å². The second-order valence-electron chi connectivity index (χ2n) is 4.00. The van der Waals surface area contributed by atoms with Gasteiger partial charge in [-0.1, -0.05) is 6.92 Å². The summed E-state index contributed by atoms with van der Waals surface area (Å²) in [6.45, 7) is 7.55. The molecule has 84 valence electrons. The van der Waals surface area contributed by atoms with Crippen LogP contribution in [0.25, 0.3) is 0 Å². The van der Waals surface area contributed by atoms with E-state index in [0.29, 0.717) is 13.2 Å². The minimum atomic E-state index is 0.616. The summed E-state index contributed by atoms with van der Waals surface area (Å²) < 4.78 is 5.35. The van der Waals surface area contributed by atoms with Crippen molar-refractivity contribution < 1.29 is 4.74 Å². The van der Waals surface area contributed by atoms with Gasteiger partial charge < -0.3 is 10.5 Å². The number of hydrazine groups is 1. The van der Waals surface area contributed by atoms with Gasteiger partial charge in [0.05, 0.1) is 13.2 Å². The van der Waals surface area contributed by atoms with Gasteiger partial charge in [0.1, 0.15) is 0 Å². The number of nitrogens with two attached hydrogens (primary N) is 1. The van der Waals surface area contributed by atoms with Crippen LogP contribution >= 0.6 is 0 Å². The van der Waals surface area contributed by atoms with Crippen LogP contribution in [0.4, 0.5) is 0 Å². The van der Waals surface area contributed by atoms with Gasteiger partial charge in [0.15, 0.2) is 0 Å². The van der Waals surface area contributed by atoms with Gasteiger partial charge in [0.25, 0.3) is 0 Å². The maximum atomic E-state index is 5.35. The van der Waals surface area contributed by atoms with E-state index in [1.165, 1.54) is 12.8 Å². The Labute approximate surface area is 86.8 Å². The van der Waals surface area contributed by atoms with Crippen molar-refractivity contribution in [1.29, 1.82) is 0 Å². The highest BCUT2D eigenvalue weighted by Crippen LogP contribution is 2.08. The average molecular weight is 201 g/mol. The van der Waals surface area contributed by atoms with Gasteiger partial charge in [0, 0.05) is 26.2 Å². The van der Waals surface area contributed by atoms with Gasteiger partial charge in [-0.25, -0.2) is 5.01 Å². The first-order chi connectivity index (χ1) is 6.83. The number of hydrogen-bond acceptors (Lipinski definition) is 4. The fraction of sp³-hybridized carbons (Fsp3) is 1.00. The highest BCUT2D eigenvalue weighted by atomic mass is 16.5. The molecular weight excluding hydrogens is 178 g/mol. The van der Waals surface area contributed by atoms with E-state index in [2.05, 4.69) is 17.4 Å². The van der Waals surface area contributed by atoms with Gasteiger partial charge in [-0.2, -0.15) is 0 Å². The van der Waals surface area contributed by atoms with Crippen molar-refractivity contribution in [2.45, 2.75) is 19.8 Å². The van der Waals surface area contributed by atoms with Gasteiger partial charge in [0.2, 0.25) is 0 Å². The standard InChI is InChI=1S/C10H23N3O/c1-10-3-2-5-13(12-9-10)6-8-14-7-4-11/h10,12H,2-9,11H2,1H3. The summed E-state index contributed by atoms with van der Waals surface area (Å²) >= 11 is 0. The quantitative estimate of drug-likeness (QED) is 0.624. The van der Waals surface area contributed by atoms with Crippen LogP contribution in [0.15, 0.2) is 0 Å². The molecule has 1 heterocycles. The Morgan fingerprint density at radius 3 is 3.14 bits per heavy atom. The first kappa shape index (κ1) is 11.9. The molecule has 0 saturated carbocycles. The Balaban J connectivity index is 2.05. The lowest BCUT2D eigenvalue weighted by molar-refractivity contribution is 0.0894. The molecule has 1 unspecified atom stereocenters. The fourth-order valence-corrected chi connectivity index (χ4v) is 1.65. The molecule has 14 heavy (non-hydrogen) atoms. The fourth-order valence-electron chi connectivity index (χ4n) is 1.65. The third kappa shape index (κ3) is 4.91. The van der Waals surface area contributed by atoms with E-state index in [9.17, 15) is 0 Å². The van der Waals surface area contributed by atoms with E-state index in [0.717, 1.165) is 32.2 Å². The number of hydrogen-bond donors (Lipinski definition) is 2. The van der Waals surface area contributed by atoms with E-state index in [-0.39, 0.29) is 0 Å². The number of nitrogens with one attached hydrogen (secondary N) is 1. The lowest BCUT2D eigenvalue weighted by atomic mass is 10.1. The summed E-state index contributed by atoms with van der Waals surface area (Å²) in [5, 5.41) is 2.26. The third-order valence-corrected chi connectivity index (χ3v) is 2.56. The molecule has 0 aliphatic carbocycles. The van der Waals surface area contributed by atoms with Crippen molar-refractivity contribution in [2.75, 3.05) is 39.4 Å². The van der Waals surface area contributed by atoms with Crippen molar-refractivity contribution in [3.8, 4) is 0 Å². The summed E-state index contributed by atoms with van der Waals surface area (Å²) in [4.78, 5) is 0. The molecule has 1 aliphatic rings. The molecule has 0 bridgehead atoms. The molecule has 0 aromatic heterocycles. The van der Waals surface area contributed by atoms with E-state index in [1.54, 1.807) is 0 Å². The molecule has 0 amide bonds. The molecule has 0 spiro atoms. The lowest BCUT2D eigenvalue weighted by Gasteiger charge is -2.20. The van der Waals surface area contributed by atoms with Crippen LogP contribution in [0.3, 0.4) is 0 Å². The molecular formula is C10H23N3O. The van der Waals surface area contributed by atoms with Crippen LogP contribution in [0, 0.1) is 5.92 Å². The predicted octanol–water partition coefficient (Wildman–Crippen LogP) is 0.198. The number of ether oxygens (including phenoxy) is 1. The maximum absolute atomic E-state index is 5.35. The van der Waals surface area contributed by atoms with Crippen LogP contribution in [0.2, 0.25) is 0 Å². The Morgan fingerprint density at radius 1 is 1.50 bits per heavy atom. The zero-order valence-corrected chi connectivity index (χ0v) is 9.17. The SMILES string of the molecule is CC1CCCN(CCOCCN)NC1. The minimum Gasteiger partial charge on any atom is -0.379 e. The largest absolute Gasteiger partial charge is 0.379 e. The van der Waals surface area contributed by atoms with Crippen molar-refractivity contribution in [3.63, 3.8) is 0 Å². The van der Waals surface area contributed by atoms with E-state index >= 15 is 0 Å². The molecule has 1 saturated heterocycles. The first-order valence-corrected chi connectivity index (χ1v) is 5.59. The topological polar surface area (TPSA) is 50.5 Å². The maximum Gasteiger partial charge on any atom is 0.0608 e. The number of rotatable bonds is 5. The van der Waals surface area contributed by atoms with Crippen molar-refractivity contribution >= 4 is 0 Å². The molecule has 1 fully saturated rings. The van der Waals surface area contributed by atoms with Gasteiger partial charge in [-0.15, -0.1) is 0 Å². The monoisotopic (exact) mass is 201 g/mol. The molecule has 0 radical (unpaired) electrons. The summed E-state index contributed by atoms with van der Waals surface area (Å²) in [5.41, 5.74) is 8.77. The smallest absolute Gasteiger partial charge is 0.0608 e. The lowest BCUT2D eigenvalue weighted by Crippen LogP contribution is -2.40. The number of nitrogens with zero attached hydrogens (tertiary/aromatic N) is 1. The minimum absolute atomic E-state index is 0.616. The average Bonchev–Trinajstić information content (AvgIpc) is 2.38. The highest BCUT2D eigenvalue weighted by molar-refractivity contribution is 4.64. The van der Waals surface area contributed by atoms with Crippen LogP contribution in [-0.2, 0) is 4.74 Å². The summed E-state index contributed by atoms with van der Waals surface area (Å²) in [7, 11) is 0. The zero-order valence-electron chi connectivity index (χ0n) is 9.17. The van der Waals surface area contributed by atoms with Crippen molar-refractivity contribution in [2.24, 2.45) is 11.7 Å². The van der Waals surface area contributed by atoms with Crippen molar-refractivity contribution in [3.05, 3.63) is 0 Å². The van der Waals surface area contributed by atoms with Gasteiger partial charge in [-0.3, -0.25) is 5.43 Å². The second kappa shape index (κ2) is 7.17. The van der Waals surface area contributed by atoms with Gasteiger partial charge in [-0.05, 0) is 18.8 Å². The Hall–Kier alpha value is -0.160. The molecule has 1 aliphatic heterocycles. The molecule has 0 aromatic rings. The molecule has 3 N–H and O–H groups in total. The van der Waals surface area contributed by atoms with E-state index in [1.807, 2.05) is 0 Å². The van der Waals surface area contributed by atoms with Crippen LogP contribution in [0.5, 0.6) is 0 Å². The Kier molecular flexibility index (Phi) is 6.10. The summed E-state index contributed by atoms with van der Waals surface area (Å²) in [6.07, 6.45) is 2.61. The van der Waals surface area contributed by atoms with Gasteiger partial charge >= 0.3 is 0 Å². The third-order valence-electron chi connectivity index (χ3n) is 2.56. The molecule has 1 rings (SSSR count). The molecule has 4 heteroatoms. The summed E-state index contributed by atoms with van der Waals surface area (Å²) in [6, 6.07) is 0. The van der Waals surface area contributed by atoms with Crippen LogP contribution in [0.1, 0.15) is 19.8 Å². The Morgan fingerprint density at radius 2 is 2.36 bits per heavy atom. The Bertz CT molecular complexity index is 143. The molecule has 0 aromatic carbocycles. The molecule has 1 atom stereocenters. The summed E-state index contributed by atoms with van der Waals surface area (Å²) in [5.74, 6) is 0.796. The van der Waals surface area contributed by atoms with E-state index in [4.69, 9.17) is 10.5 Å².